The molecule has 0 aromatic carbocycles. The second kappa shape index (κ2) is 7.73. The summed E-state index contributed by atoms with van der Waals surface area (Å²) in [5.41, 5.74) is 5.22. The molecule has 3 N–H and O–H groups in total. The Morgan fingerprint density at radius 1 is 1.45 bits per heavy atom. The van der Waals surface area contributed by atoms with Gasteiger partial charge >= 0.3 is 6.18 Å². The lowest BCUT2D eigenvalue weighted by atomic mass is 10.3. The van der Waals surface area contributed by atoms with Gasteiger partial charge < -0.3 is 20.7 Å². The summed E-state index contributed by atoms with van der Waals surface area (Å²) in [6.45, 7) is 2.82. The van der Waals surface area contributed by atoms with Gasteiger partial charge in [-0.15, -0.1) is 0 Å². The number of hydrogen-bond donors (Lipinski definition) is 2. The van der Waals surface area contributed by atoms with Gasteiger partial charge in [0, 0.05) is 13.2 Å². The van der Waals surface area contributed by atoms with Gasteiger partial charge in [-0.25, -0.2) is 0 Å². The first-order valence-corrected chi connectivity index (χ1v) is 7.49. The highest BCUT2D eigenvalue weighted by atomic mass is 32.2. The summed E-state index contributed by atoms with van der Waals surface area (Å²) in [5, 5.41) is 1.30. The van der Waals surface area contributed by atoms with Crippen molar-refractivity contribution in [2.75, 3.05) is 26.3 Å². The zero-order valence-corrected chi connectivity index (χ0v) is 13.0. The normalized spacial score (nSPS) is 21.2. The van der Waals surface area contributed by atoms with Gasteiger partial charge in [0.05, 0.1) is 6.61 Å². The van der Waals surface area contributed by atoms with Crippen LogP contribution in [0.15, 0.2) is 10.7 Å². The quantitative estimate of drug-likeness (QED) is 0.698. The van der Waals surface area contributed by atoms with E-state index in [4.69, 9.17) is 10.5 Å². The van der Waals surface area contributed by atoms with Crippen LogP contribution >= 0.6 is 11.8 Å². The Hall–Kier alpha value is -1.42. The Morgan fingerprint density at radius 2 is 2.09 bits per heavy atom. The minimum Gasteiger partial charge on any atom is -0.392 e. The standard InChI is InChI=1S/C12H18F3N3O3S/c1-3-18-10(20)7(5-21-4-2)22-11(18)8(16)9(19)17-6-12(13,14)15/h7H,3-6,16H2,1-2H3,(H,17,19)/b11-8+/t7-/m1/s1. The molecule has 1 saturated heterocycles. The number of nitrogens with two attached hydrogens (primary N) is 1. The number of nitrogens with zero attached hydrogens (tertiary/aromatic N) is 1. The van der Waals surface area contributed by atoms with Crippen LogP contribution in [0.5, 0.6) is 0 Å². The number of halogens is 3. The maximum absolute atomic E-state index is 12.1. The van der Waals surface area contributed by atoms with Crippen molar-refractivity contribution in [3.8, 4) is 0 Å². The van der Waals surface area contributed by atoms with Gasteiger partial charge in [0.2, 0.25) is 5.91 Å². The largest absolute Gasteiger partial charge is 0.405 e. The number of amides is 2. The Balaban J connectivity index is 2.86. The molecule has 0 aromatic heterocycles. The Labute approximate surface area is 130 Å². The minimum absolute atomic E-state index is 0.150. The molecule has 0 radical (unpaired) electrons. The highest BCUT2D eigenvalue weighted by molar-refractivity contribution is 8.04. The lowest BCUT2D eigenvalue weighted by Gasteiger charge is -2.16. The highest BCUT2D eigenvalue weighted by Crippen LogP contribution is 2.36. The summed E-state index contributed by atoms with van der Waals surface area (Å²) >= 11 is 1.03. The number of carbonyl (C=O) groups is 2. The summed E-state index contributed by atoms with van der Waals surface area (Å²) in [6, 6.07) is 0. The predicted molar refractivity (Wildman–Crippen MR) is 75.5 cm³/mol. The molecule has 126 valence electrons. The van der Waals surface area contributed by atoms with Crippen molar-refractivity contribution in [2.45, 2.75) is 25.3 Å². The third kappa shape index (κ3) is 4.80. The monoisotopic (exact) mass is 341 g/mol. The highest BCUT2D eigenvalue weighted by Gasteiger charge is 2.38. The zero-order chi connectivity index (χ0) is 16.9. The van der Waals surface area contributed by atoms with Crippen molar-refractivity contribution in [1.82, 2.24) is 10.2 Å². The first-order valence-electron chi connectivity index (χ1n) is 6.61. The molecule has 0 bridgehead atoms. The van der Waals surface area contributed by atoms with E-state index in [0.29, 0.717) is 6.61 Å². The van der Waals surface area contributed by atoms with Crippen LogP contribution in [0.2, 0.25) is 0 Å². The molecular formula is C12H18F3N3O3S. The van der Waals surface area contributed by atoms with E-state index < -0.39 is 29.6 Å². The number of carbonyl (C=O) groups excluding carboxylic acids is 2. The Kier molecular flexibility index (Phi) is 6.54. The fourth-order valence-electron chi connectivity index (χ4n) is 1.73. The van der Waals surface area contributed by atoms with Crippen LogP contribution in [0.25, 0.3) is 0 Å². The van der Waals surface area contributed by atoms with E-state index >= 15 is 0 Å². The lowest BCUT2D eigenvalue weighted by molar-refractivity contribution is -0.136. The Morgan fingerprint density at radius 3 is 2.59 bits per heavy atom. The molecule has 0 aromatic rings. The van der Waals surface area contributed by atoms with Crippen LogP contribution in [-0.2, 0) is 14.3 Å². The van der Waals surface area contributed by atoms with Gasteiger partial charge in [0.15, 0.2) is 0 Å². The first kappa shape index (κ1) is 18.6. The number of thioether (sulfide) groups is 1. The average molecular weight is 341 g/mol. The molecule has 1 rings (SSSR count). The number of rotatable bonds is 6. The molecule has 6 nitrogen and oxygen atoms in total. The number of ether oxygens (including phenoxy) is 1. The second-order valence-electron chi connectivity index (χ2n) is 4.37. The molecule has 1 fully saturated rings. The Bertz CT molecular complexity index is 468. The molecule has 0 spiro atoms. The van der Waals surface area contributed by atoms with Crippen molar-refractivity contribution < 1.29 is 27.5 Å². The van der Waals surface area contributed by atoms with Gasteiger partial charge in [-0.05, 0) is 13.8 Å². The van der Waals surface area contributed by atoms with E-state index in [2.05, 4.69) is 0 Å². The van der Waals surface area contributed by atoms with Crippen LogP contribution in [0.4, 0.5) is 13.2 Å². The molecule has 10 heteroatoms. The van der Waals surface area contributed by atoms with E-state index in [0.717, 1.165) is 11.8 Å². The topological polar surface area (TPSA) is 84.7 Å². The van der Waals surface area contributed by atoms with Gasteiger partial charge in [-0.1, -0.05) is 11.8 Å². The average Bonchev–Trinajstić information content (AvgIpc) is 2.77. The van der Waals surface area contributed by atoms with E-state index in [1.54, 1.807) is 19.2 Å². The summed E-state index contributed by atoms with van der Waals surface area (Å²) in [6.07, 6.45) is -4.53. The van der Waals surface area contributed by atoms with Crippen molar-refractivity contribution >= 4 is 23.6 Å². The molecule has 1 heterocycles. The molecular weight excluding hydrogens is 323 g/mol. The summed E-state index contributed by atoms with van der Waals surface area (Å²) < 4.78 is 41.5. The van der Waals surface area contributed by atoms with Crippen molar-refractivity contribution in [3.05, 3.63) is 10.7 Å². The van der Waals surface area contributed by atoms with Crippen LogP contribution in [0, 0.1) is 0 Å². The summed E-state index contributed by atoms with van der Waals surface area (Å²) in [4.78, 5) is 25.1. The SMILES string of the molecule is CCOC[C@H]1S/C(=C(/N)C(=O)NCC(F)(F)F)N(CC)C1=O. The van der Waals surface area contributed by atoms with Crippen LogP contribution in [-0.4, -0.2) is 54.4 Å². The zero-order valence-electron chi connectivity index (χ0n) is 12.2. The van der Waals surface area contributed by atoms with Crippen LogP contribution in [0.3, 0.4) is 0 Å². The van der Waals surface area contributed by atoms with Gasteiger partial charge in [-0.3, -0.25) is 9.59 Å². The second-order valence-corrected chi connectivity index (χ2v) is 5.56. The number of nitrogens with one attached hydrogen (secondary N) is 1. The lowest BCUT2D eigenvalue weighted by Crippen LogP contribution is -2.38. The molecule has 1 aliphatic rings. The van der Waals surface area contributed by atoms with Gasteiger partial charge in [0.1, 0.15) is 22.5 Å². The molecule has 0 saturated carbocycles. The fraction of sp³-hybridized carbons (Fsp3) is 0.667. The summed E-state index contributed by atoms with van der Waals surface area (Å²) in [5.74, 6) is -1.33. The van der Waals surface area contributed by atoms with E-state index in [-0.39, 0.29) is 24.1 Å². The third-order valence-electron chi connectivity index (χ3n) is 2.75. The van der Waals surface area contributed by atoms with Crippen molar-refractivity contribution in [2.24, 2.45) is 5.73 Å². The van der Waals surface area contributed by atoms with E-state index in [1.165, 1.54) is 4.90 Å². The van der Waals surface area contributed by atoms with Crippen LogP contribution < -0.4 is 11.1 Å². The van der Waals surface area contributed by atoms with E-state index in [9.17, 15) is 22.8 Å². The molecule has 1 aliphatic heterocycles. The molecule has 1 atom stereocenters. The minimum atomic E-state index is -4.53. The fourth-order valence-corrected chi connectivity index (χ4v) is 2.96. The summed E-state index contributed by atoms with van der Waals surface area (Å²) in [7, 11) is 0. The number of alkyl halides is 3. The maximum atomic E-state index is 12.1. The maximum Gasteiger partial charge on any atom is 0.405 e. The smallest absolute Gasteiger partial charge is 0.392 e. The van der Waals surface area contributed by atoms with Gasteiger partial charge in [-0.2, -0.15) is 13.2 Å². The first-order chi connectivity index (χ1) is 10.2. The molecule has 2 amide bonds. The molecule has 22 heavy (non-hydrogen) atoms. The predicted octanol–water partition coefficient (Wildman–Crippen LogP) is 0.793. The van der Waals surface area contributed by atoms with Gasteiger partial charge in [0.25, 0.3) is 5.91 Å². The van der Waals surface area contributed by atoms with Crippen molar-refractivity contribution in [3.63, 3.8) is 0 Å². The van der Waals surface area contributed by atoms with Crippen LogP contribution in [0.1, 0.15) is 13.8 Å². The number of hydrogen-bond acceptors (Lipinski definition) is 5. The third-order valence-corrected chi connectivity index (χ3v) is 4.04. The van der Waals surface area contributed by atoms with E-state index in [1.807, 2.05) is 0 Å². The molecule has 0 aliphatic carbocycles. The molecule has 0 unspecified atom stereocenters. The van der Waals surface area contributed by atoms with Crippen molar-refractivity contribution in [1.29, 1.82) is 0 Å².